The summed E-state index contributed by atoms with van der Waals surface area (Å²) in [6.45, 7) is 4.79. The van der Waals surface area contributed by atoms with E-state index in [1.54, 1.807) is 4.52 Å². The molecule has 140 valence electrons. The summed E-state index contributed by atoms with van der Waals surface area (Å²) in [7, 11) is 0. The Morgan fingerprint density at radius 3 is 2.57 bits per heavy atom. The second-order valence-corrected chi connectivity index (χ2v) is 7.07. The maximum atomic E-state index is 13.0. The molecular formula is C21H20N6O. The quantitative estimate of drug-likeness (QED) is 0.541. The third kappa shape index (κ3) is 2.85. The molecule has 0 atom stereocenters. The Kier molecular flexibility index (Phi) is 3.93. The van der Waals surface area contributed by atoms with Gasteiger partial charge in [0.1, 0.15) is 12.1 Å². The highest BCUT2D eigenvalue weighted by atomic mass is 16.2. The first-order valence-corrected chi connectivity index (χ1v) is 9.39. The van der Waals surface area contributed by atoms with Crippen molar-refractivity contribution in [2.75, 3.05) is 31.1 Å². The SMILES string of the molecule is Cc1cc(N2CCN(C(=O)c3ccc4ccccc4c3)CC2)n2ncnc2n1. The number of aryl methyl sites for hydroxylation is 1. The minimum Gasteiger partial charge on any atom is -0.353 e. The summed E-state index contributed by atoms with van der Waals surface area (Å²) in [4.78, 5) is 25.7. The molecule has 0 bridgehead atoms. The molecule has 2 aromatic heterocycles. The Hall–Kier alpha value is -3.48. The van der Waals surface area contributed by atoms with Crippen molar-refractivity contribution >= 4 is 28.3 Å². The Bertz CT molecular complexity index is 1180. The summed E-state index contributed by atoms with van der Waals surface area (Å²) in [5.41, 5.74) is 1.65. The second kappa shape index (κ2) is 6.60. The number of amides is 1. The zero-order valence-electron chi connectivity index (χ0n) is 15.6. The van der Waals surface area contributed by atoms with Crippen molar-refractivity contribution in [2.45, 2.75) is 6.92 Å². The number of aromatic nitrogens is 4. The van der Waals surface area contributed by atoms with E-state index in [2.05, 4.69) is 26.0 Å². The minimum absolute atomic E-state index is 0.0854. The number of carbonyl (C=O) groups excluding carboxylic acids is 1. The molecule has 0 saturated carbocycles. The van der Waals surface area contributed by atoms with Gasteiger partial charge in [0.15, 0.2) is 0 Å². The molecule has 28 heavy (non-hydrogen) atoms. The van der Waals surface area contributed by atoms with Crippen LogP contribution in [0, 0.1) is 6.92 Å². The van der Waals surface area contributed by atoms with Crippen LogP contribution in [0.1, 0.15) is 16.1 Å². The fourth-order valence-corrected chi connectivity index (χ4v) is 3.78. The standard InChI is InChI=1S/C21H20N6O/c1-15-12-19(27-21(24-15)22-14-23-27)25-8-10-26(11-9-25)20(28)18-7-6-16-4-2-3-5-17(16)13-18/h2-7,12-14H,8-11H2,1H3. The monoisotopic (exact) mass is 372 g/mol. The number of hydrogen-bond acceptors (Lipinski definition) is 5. The molecule has 1 amide bonds. The van der Waals surface area contributed by atoms with Gasteiger partial charge in [-0.05, 0) is 29.8 Å². The van der Waals surface area contributed by atoms with E-state index >= 15 is 0 Å². The van der Waals surface area contributed by atoms with Crippen LogP contribution in [0.4, 0.5) is 5.82 Å². The van der Waals surface area contributed by atoms with Gasteiger partial charge in [-0.2, -0.15) is 14.6 Å². The van der Waals surface area contributed by atoms with Gasteiger partial charge in [-0.1, -0.05) is 30.3 Å². The second-order valence-electron chi connectivity index (χ2n) is 7.07. The molecule has 1 saturated heterocycles. The smallest absolute Gasteiger partial charge is 0.254 e. The zero-order chi connectivity index (χ0) is 19.1. The predicted octanol–water partition coefficient (Wildman–Crippen LogP) is 2.55. The summed E-state index contributed by atoms with van der Waals surface area (Å²) in [6.07, 6.45) is 1.52. The number of nitrogens with zero attached hydrogens (tertiary/aromatic N) is 6. The van der Waals surface area contributed by atoms with Crippen molar-refractivity contribution in [3.8, 4) is 0 Å². The molecule has 5 rings (SSSR count). The van der Waals surface area contributed by atoms with Crippen molar-refractivity contribution < 1.29 is 4.79 Å². The van der Waals surface area contributed by atoms with Gasteiger partial charge in [0.2, 0.25) is 0 Å². The molecule has 0 spiro atoms. The first-order valence-electron chi connectivity index (χ1n) is 9.39. The van der Waals surface area contributed by atoms with Gasteiger partial charge in [0.25, 0.3) is 11.7 Å². The summed E-state index contributed by atoms with van der Waals surface area (Å²) >= 11 is 0. The molecule has 0 N–H and O–H groups in total. The number of fused-ring (bicyclic) bond motifs is 2. The van der Waals surface area contributed by atoms with Crippen molar-refractivity contribution in [2.24, 2.45) is 0 Å². The third-order valence-electron chi connectivity index (χ3n) is 5.25. The lowest BCUT2D eigenvalue weighted by molar-refractivity contribution is 0.0746. The highest BCUT2D eigenvalue weighted by Gasteiger charge is 2.24. The van der Waals surface area contributed by atoms with E-state index in [4.69, 9.17) is 0 Å². The number of hydrogen-bond donors (Lipinski definition) is 0. The molecule has 1 fully saturated rings. The highest BCUT2D eigenvalue weighted by Crippen LogP contribution is 2.20. The molecule has 1 aliphatic heterocycles. The van der Waals surface area contributed by atoms with E-state index < -0.39 is 0 Å². The number of piperazine rings is 1. The van der Waals surface area contributed by atoms with Crippen LogP contribution in [-0.2, 0) is 0 Å². The van der Waals surface area contributed by atoms with Gasteiger partial charge < -0.3 is 9.80 Å². The van der Waals surface area contributed by atoms with E-state index in [0.29, 0.717) is 18.9 Å². The van der Waals surface area contributed by atoms with Crippen LogP contribution in [0.15, 0.2) is 54.9 Å². The summed E-state index contributed by atoms with van der Waals surface area (Å²) in [5, 5.41) is 6.52. The van der Waals surface area contributed by atoms with Gasteiger partial charge in [0, 0.05) is 43.5 Å². The topological polar surface area (TPSA) is 66.6 Å². The number of carbonyl (C=O) groups is 1. The summed E-state index contributed by atoms with van der Waals surface area (Å²) < 4.78 is 1.76. The number of benzene rings is 2. The van der Waals surface area contributed by atoms with E-state index in [0.717, 1.165) is 40.9 Å². The molecule has 0 unspecified atom stereocenters. The van der Waals surface area contributed by atoms with Crippen LogP contribution in [0.5, 0.6) is 0 Å². The van der Waals surface area contributed by atoms with Crippen LogP contribution in [-0.4, -0.2) is 56.6 Å². The molecule has 1 aliphatic rings. The van der Waals surface area contributed by atoms with Crippen LogP contribution in [0.3, 0.4) is 0 Å². The Morgan fingerprint density at radius 2 is 1.75 bits per heavy atom. The highest BCUT2D eigenvalue weighted by molar-refractivity contribution is 5.98. The number of rotatable bonds is 2. The molecule has 0 aliphatic carbocycles. The van der Waals surface area contributed by atoms with Gasteiger partial charge in [-0.3, -0.25) is 4.79 Å². The van der Waals surface area contributed by atoms with Crippen LogP contribution in [0.25, 0.3) is 16.6 Å². The van der Waals surface area contributed by atoms with Gasteiger partial charge in [-0.25, -0.2) is 4.98 Å². The predicted molar refractivity (Wildman–Crippen MR) is 108 cm³/mol. The molecule has 7 heteroatoms. The lowest BCUT2D eigenvalue weighted by Gasteiger charge is -2.36. The zero-order valence-corrected chi connectivity index (χ0v) is 15.6. The van der Waals surface area contributed by atoms with Gasteiger partial charge >= 0.3 is 0 Å². The van der Waals surface area contributed by atoms with Crippen LogP contribution < -0.4 is 4.90 Å². The van der Waals surface area contributed by atoms with E-state index in [1.807, 2.05) is 54.3 Å². The Balaban J connectivity index is 1.34. The van der Waals surface area contributed by atoms with Crippen molar-refractivity contribution in [3.63, 3.8) is 0 Å². The first-order chi connectivity index (χ1) is 13.7. The maximum absolute atomic E-state index is 13.0. The normalized spacial score (nSPS) is 14.8. The summed E-state index contributed by atoms with van der Waals surface area (Å²) in [6, 6.07) is 16.0. The van der Waals surface area contributed by atoms with Crippen molar-refractivity contribution in [1.82, 2.24) is 24.5 Å². The molecular weight excluding hydrogens is 352 g/mol. The third-order valence-corrected chi connectivity index (χ3v) is 5.25. The van der Waals surface area contributed by atoms with Crippen molar-refractivity contribution in [1.29, 1.82) is 0 Å². The maximum Gasteiger partial charge on any atom is 0.254 e. The van der Waals surface area contributed by atoms with Crippen LogP contribution in [0.2, 0.25) is 0 Å². The van der Waals surface area contributed by atoms with E-state index in [1.165, 1.54) is 6.33 Å². The largest absolute Gasteiger partial charge is 0.353 e. The van der Waals surface area contributed by atoms with E-state index in [-0.39, 0.29) is 5.91 Å². The lowest BCUT2D eigenvalue weighted by Crippen LogP contribution is -2.49. The average molecular weight is 372 g/mol. The van der Waals surface area contributed by atoms with Gasteiger partial charge in [-0.15, -0.1) is 0 Å². The van der Waals surface area contributed by atoms with Gasteiger partial charge in [0.05, 0.1) is 0 Å². The average Bonchev–Trinajstić information content (AvgIpc) is 3.21. The molecule has 4 aromatic rings. The van der Waals surface area contributed by atoms with Crippen molar-refractivity contribution in [3.05, 3.63) is 66.1 Å². The molecule has 7 nitrogen and oxygen atoms in total. The fraction of sp³-hybridized carbons (Fsp3) is 0.238. The minimum atomic E-state index is 0.0854. The lowest BCUT2D eigenvalue weighted by atomic mass is 10.1. The molecule has 3 heterocycles. The summed E-state index contributed by atoms with van der Waals surface area (Å²) in [5.74, 6) is 1.66. The van der Waals surface area contributed by atoms with Crippen LogP contribution >= 0.6 is 0 Å². The Morgan fingerprint density at radius 1 is 0.964 bits per heavy atom. The van der Waals surface area contributed by atoms with E-state index in [9.17, 15) is 4.79 Å². The fourth-order valence-electron chi connectivity index (χ4n) is 3.78. The number of anilines is 1. The Labute approximate surface area is 162 Å². The first kappa shape index (κ1) is 16.7. The molecule has 0 radical (unpaired) electrons. The molecule has 2 aromatic carbocycles.